The summed E-state index contributed by atoms with van der Waals surface area (Å²) in [5, 5.41) is 7.41. The number of halogens is 3. The van der Waals surface area contributed by atoms with Crippen LogP contribution in [-0.2, 0) is 15.0 Å². The van der Waals surface area contributed by atoms with E-state index in [1.807, 2.05) is 59.5 Å². The van der Waals surface area contributed by atoms with E-state index in [1.54, 1.807) is 31.1 Å². The molecule has 3 aromatic rings. The first-order chi connectivity index (χ1) is 20.6. The molecule has 0 unspecified atom stereocenters. The van der Waals surface area contributed by atoms with E-state index >= 15 is 0 Å². The monoisotopic (exact) mass is 686 g/mol. The Labute approximate surface area is 269 Å². The Bertz CT molecular complexity index is 1510. The number of amides is 4. The minimum atomic E-state index is -0.978. The van der Waals surface area contributed by atoms with Gasteiger partial charge in [0.05, 0.1) is 6.04 Å². The van der Waals surface area contributed by atoms with Crippen LogP contribution in [0.15, 0.2) is 71.2 Å². The van der Waals surface area contributed by atoms with Gasteiger partial charge in [-0.05, 0) is 54.4 Å². The van der Waals surface area contributed by atoms with Gasteiger partial charge in [-0.1, -0.05) is 63.4 Å². The second kappa shape index (κ2) is 13.2. The largest absolute Gasteiger partial charge is 0.490 e. The zero-order valence-electron chi connectivity index (χ0n) is 23.9. The maximum Gasteiger partial charge on any atom is 0.319 e. The van der Waals surface area contributed by atoms with Crippen LogP contribution < -0.4 is 15.4 Å². The molecule has 43 heavy (non-hydrogen) atoms. The highest BCUT2D eigenvalue weighted by Gasteiger charge is 2.56. The molecular formula is C32H33BrCl2N4O4. The minimum Gasteiger partial charge on any atom is -0.490 e. The zero-order chi connectivity index (χ0) is 30.7. The number of hydrogen-bond acceptors (Lipinski definition) is 4. The lowest BCUT2D eigenvalue weighted by Crippen LogP contribution is -2.52. The molecule has 6 rings (SSSR count). The van der Waals surface area contributed by atoms with Crippen LogP contribution in [0.5, 0.6) is 5.75 Å². The fraction of sp³-hybridized carbons (Fsp3) is 0.344. The fourth-order valence-corrected chi connectivity index (χ4v) is 6.65. The van der Waals surface area contributed by atoms with E-state index in [0.29, 0.717) is 48.8 Å². The van der Waals surface area contributed by atoms with Crippen LogP contribution in [0, 0.1) is 0 Å². The van der Waals surface area contributed by atoms with E-state index in [-0.39, 0.29) is 30.4 Å². The third-order valence-electron chi connectivity index (χ3n) is 8.06. The molecule has 1 spiro atoms. The van der Waals surface area contributed by atoms with E-state index in [0.717, 1.165) is 20.6 Å². The van der Waals surface area contributed by atoms with Crippen molar-refractivity contribution in [3.8, 4) is 5.75 Å². The number of carbonyl (C=O) groups excluding carboxylic acids is 3. The van der Waals surface area contributed by atoms with Gasteiger partial charge in [0, 0.05) is 72.2 Å². The van der Waals surface area contributed by atoms with Crippen LogP contribution in [0.4, 0.5) is 10.5 Å². The molecule has 2 N–H and O–H groups in total. The summed E-state index contributed by atoms with van der Waals surface area (Å²) in [5.41, 5.74) is 1.25. The molecule has 2 fully saturated rings. The van der Waals surface area contributed by atoms with Crippen molar-refractivity contribution in [1.82, 2.24) is 15.1 Å². The first kappa shape index (κ1) is 31.2. The Hall–Kier alpha value is -3.27. The predicted molar refractivity (Wildman–Crippen MR) is 172 cm³/mol. The average molecular weight is 688 g/mol. The van der Waals surface area contributed by atoms with Crippen molar-refractivity contribution >= 4 is 62.7 Å². The summed E-state index contributed by atoms with van der Waals surface area (Å²) in [6, 6.07) is 19.9. The Morgan fingerprint density at radius 3 is 2.37 bits per heavy atom. The molecule has 0 aliphatic carbocycles. The van der Waals surface area contributed by atoms with Crippen molar-refractivity contribution in [2.24, 2.45) is 0 Å². The maximum absolute atomic E-state index is 13.6. The molecular weight excluding hydrogens is 655 g/mol. The number of nitrogens with zero attached hydrogens (tertiary/aromatic N) is 2. The summed E-state index contributed by atoms with van der Waals surface area (Å²) in [7, 11) is 3.50. The predicted octanol–water partition coefficient (Wildman–Crippen LogP) is 6.81. The minimum absolute atomic E-state index is 0.00402. The topological polar surface area (TPSA) is 91.0 Å². The summed E-state index contributed by atoms with van der Waals surface area (Å²) in [6.45, 7) is 1.21. The van der Waals surface area contributed by atoms with Gasteiger partial charge >= 0.3 is 6.03 Å². The highest BCUT2D eigenvalue weighted by Crippen LogP contribution is 2.53. The number of rotatable bonds is 3. The van der Waals surface area contributed by atoms with Crippen molar-refractivity contribution in [1.29, 1.82) is 0 Å². The summed E-state index contributed by atoms with van der Waals surface area (Å²) in [6.07, 6.45) is 1.92. The van der Waals surface area contributed by atoms with Gasteiger partial charge in [0.25, 0.3) is 0 Å². The van der Waals surface area contributed by atoms with Gasteiger partial charge < -0.3 is 25.2 Å². The Morgan fingerprint density at radius 1 is 1.00 bits per heavy atom. The number of anilines is 1. The number of carbonyl (C=O) groups is 3. The van der Waals surface area contributed by atoms with Gasteiger partial charge in [-0.2, -0.15) is 0 Å². The van der Waals surface area contributed by atoms with Gasteiger partial charge in [0.15, 0.2) is 0 Å². The number of hydrogen-bond donors (Lipinski definition) is 2. The standard InChI is InChI=1S/C26H28BrClN4O4.C6H5Cl/c1-31(2)25(35)32-11-8-17(9-12-32)36-21-6-3-15(27)13-18(21)23-26(10-7-22(33)30-23)19-5-4-16(28)14-20(19)29-24(26)34;7-6-4-2-1-3-5-6/h3-6,13-14,17,23H,7-12H2,1-2H3,(H,29,34)(H,30,33);1-5H/t23-,26-;/m1./s1. The first-order valence-corrected chi connectivity index (χ1v) is 15.7. The average Bonchev–Trinajstić information content (AvgIpc) is 3.26. The van der Waals surface area contributed by atoms with E-state index in [1.165, 1.54) is 0 Å². The number of nitrogens with one attached hydrogen (secondary N) is 2. The third-order valence-corrected chi connectivity index (χ3v) is 9.05. The number of ether oxygens (including phenoxy) is 1. The van der Waals surface area contributed by atoms with E-state index in [4.69, 9.17) is 27.9 Å². The third kappa shape index (κ3) is 6.64. The summed E-state index contributed by atoms with van der Waals surface area (Å²) >= 11 is 15.3. The molecule has 3 aliphatic heterocycles. The molecule has 4 amide bonds. The molecule has 0 bridgehead atoms. The highest BCUT2D eigenvalue weighted by molar-refractivity contribution is 9.10. The fourth-order valence-electron chi connectivity index (χ4n) is 5.95. The summed E-state index contributed by atoms with van der Waals surface area (Å²) in [4.78, 5) is 41.9. The Kier molecular flexibility index (Phi) is 9.54. The number of benzene rings is 3. The normalized spacial score (nSPS) is 21.3. The molecule has 11 heteroatoms. The van der Waals surface area contributed by atoms with Crippen molar-refractivity contribution < 1.29 is 19.1 Å². The Balaban J connectivity index is 0.000000463. The molecule has 0 saturated carbocycles. The SMILES string of the molecule is CN(C)C(=O)N1CCC(Oc2ccc(Br)cc2[C@H]2NC(=O)CC[C@]23C(=O)Nc2cc(Cl)ccc23)CC1.Clc1ccccc1. The van der Waals surface area contributed by atoms with E-state index in [2.05, 4.69) is 26.6 Å². The molecule has 2 atom stereocenters. The molecule has 0 aromatic heterocycles. The number of fused-ring (bicyclic) bond motifs is 2. The zero-order valence-corrected chi connectivity index (χ0v) is 27.0. The van der Waals surface area contributed by atoms with Gasteiger partial charge in [-0.25, -0.2) is 4.79 Å². The molecule has 2 saturated heterocycles. The first-order valence-electron chi connectivity index (χ1n) is 14.1. The summed E-state index contributed by atoms with van der Waals surface area (Å²) in [5.74, 6) is 0.353. The van der Waals surface area contributed by atoms with Gasteiger partial charge in [-0.3, -0.25) is 9.59 Å². The maximum atomic E-state index is 13.6. The van der Waals surface area contributed by atoms with Crippen LogP contribution in [0.1, 0.15) is 42.9 Å². The van der Waals surface area contributed by atoms with Crippen molar-refractivity contribution in [3.63, 3.8) is 0 Å². The Morgan fingerprint density at radius 2 is 1.72 bits per heavy atom. The van der Waals surface area contributed by atoms with Crippen LogP contribution >= 0.6 is 39.1 Å². The highest BCUT2D eigenvalue weighted by atomic mass is 79.9. The second-order valence-electron chi connectivity index (χ2n) is 11.1. The molecule has 0 radical (unpaired) electrons. The smallest absolute Gasteiger partial charge is 0.319 e. The lowest BCUT2D eigenvalue weighted by Gasteiger charge is -2.41. The van der Waals surface area contributed by atoms with Gasteiger partial charge in [-0.15, -0.1) is 0 Å². The molecule has 3 heterocycles. The van der Waals surface area contributed by atoms with Gasteiger partial charge in [0.1, 0.15) is 17.3 Å². The quantitative estimate of drug-likeness (QED) is 0.317. The van der Waals surface area contributed by atoms with Crippen LogP contribution in [-0.4, -0.2) is 60.9 Å². The van der Waals surface area contributed by atoms with Crippen molar-refractivity contribution in [2.45, 2.75) is 43.2 Å². The van der Waals surface area contributed by atoms with E-state index < -0.39 is 11.5 Å². The second-order valence-corrected chi connectivity index (χ2v) is 12.9. The van der Waals surface area contributed by atoms with Crippen LogP contribution in [0.25, 0.3) is 0 Å². The van der Waals surface area contributed by atoms with Crippen LogP contribution in [0.3, 0.4) is 0 Å². The number of piperidine rings is 2. The van der Waals surface area contributed by atoms with Gasteiger partial charge in [0.2, 0.25) is 11.8 Å². The van der Waals surface area contributed by atoms with Crippen molar-refractivity contribution in [2.75, 3.05) is 32.5 Å². The summed E-state index contributed by atoms with van der Waals surface area (Å²) < 4.78 is 7.31. The number of urea groups is 1. The van der Waals surface area contributed by atoms with Crippen LogP contribution in [0.2, 0.25) is 10.0 Å². The van der Waals surface area contributed by atoms with E-state index in [9.17, 15) is 14.4 Å². The lowest BCUT2D eigenvalue weighted by atomic mass is 9.67. The molecule has 3 aromatic carbocycles. The molecule has 3 aliphatic rings. The van der Waals surface area contributed by atoms with Crippen molar-refractivity contribution in [3.05, 3.63) is 92.4 Å². The molecule has 226 valence electrons. The lowest BCUT2D eigenvalue weighted by molar-refractivity contribution is -0.130. The molecule has 8 nitrogen and oxygen atoms in total. The number of likely N-dealkylation sites (tertiary alicyclic amines) is 1.